The van der Waals surface area contributed by atoms with Crippen molar-refractivity contribution in [2.24, 2.45) is 5.92 Å². The predicted molar refractivity (Wildman–Crippen MR) is 165 cm³/mol. The van der Waals surface area contributed by atoms with Crippen LogP contribution >= 0.6 is 22.7 Å². The zero-order valence-electron chi connectivity index (χ0n) is 25.6. The lowest BCUT2D eigenvalue weighted by atomic mass is 9.98. The predicted octanol–water partition coefficient (Wildman–Crippen LogP) is 6.05. The summed E-state index contributed by atoms with van der Waals surface area (Å²) in [6.07, 6.45) is 6.10. The monoisotopic (exact) mass is 608 g/mol. The number of aromatic nitrogens is 2. The molecule has 0 aliphatic carbocycles. The minimum absolute atomic E-state index is 0.0543. The van der Waals surface area contributed by atoms with Gasteiger partial charge in [-0.1, -0.05) is 54.4 Å². The average molecular weight is 609 g/mol. The third-order valence-corrected chi connectivity index (χ3v) is 8.62. The van der Waals surface area contributed by atoms with Gasteiger partial charge in [-0.05, 0) is 31.6 Å². The van der Waals surface area contributed by atoms with E-state index in [-0.39, 0.29) is 36.5 Å². The molecule has 2 heterocycles. The first-order valence-electron chi connectivity index (χ1n) is 14.6. The molecular formula is C29H48N6O4S2. The summed E-state index contributed by atoms with van der Waals surface area (Å²) < 4.78 is 5.35. The number of nitrogens with one attached hydrogen (secondary N) is 3. The van der Waals surface area contributed by atoms with Crippen molar-refractivity contribution in [1.29, 1.82) is 0 Å². The summed E-state index contributed by atoms with van der Waals surface area (Å²) in [4.78, 5) is 49.8. The van der Waals surface area contributed by atoms with Crippen LogP contribution in [-0.2, 0) is 22.7 Å². The Bertz CT molecular complexity index is 1060. The molecule has 2 aromatic rings. The highest BCUT2D eigenvalue weighted by atomic mass is 32.1. The van der Waals surface area contributed by atoms with E-state index in [4.69, 9.17) is 4.74 Å². The summed E-state index contributed by atoms with van der Waals surface area (Å²) in [5.41, 5.74) is 2.55. The number of urea groups is 1. The van der Waals surface area contributed by atoms with Gasteiger partial charge in [-0.2, -0.15) is 0 Å². The molecule has 2 aromatic heterocycles. The van der Waals surface area contributed by atoms with Gasteiger partial charge in [0.1, 0.15) is 12.6 Å². The highest BCUT2D eigenvalue weighted by molar-refractivity contribution is 7.09. The third kappa shape index (κ3) is 12.4. The van der Waals surface area contributed by atoms with Gasteiger partial charge in [0.2, 0.25) is 5.91 Å². The van der Waals surface area contributed by atoms with E-state index < -0.39 is 12.1 Å². The van der Waals surface area contributed by atoms with Gasteiger partial charge < -0.3 is 25.6 Å². The molecule has 230 valence electrons. The highest BCUT2D eigenvalue weighted by Gasteiger charge is 2.28. The Morgan fingerprint density at radius 3 is 2.15 bits per heavy atom. The van der Waals surface area contributed by atoms with Crippen LogP contribution in [0.2, 0.25) is 0 Å². The first kappa shape index (κ1) is 34.5. The maximum Gasteiger partial charge on any atom is 0.407 e. The quantitative estimate of drug-likeness (QED) is 0.201. The number of nitrogens with zero attached hydrogens (tertiary/aromatic N) is 3. The molecule has 0 bridgehead atoms. The van der Waals surface area contributed by atoms with Gasteiger partial charge in [-0.3, -0.25) is 9.78 Å². The van der Waals surface area contributed by atoms with Crippen molar-refractivity contribution < 1.29 is 19.1 Å². The van der Waals surface area contributed by atoms with E-state index >= 15 is 0 Å². The second-order valence-corrected chi connectivity index (χ2v) is 13.0. The molecule has 0 fully saturated rings. The maximum absolute atomic E-state index is 13.4. The van der Waals surface area contributed by atoms with Crippen molar-refractivity contribution in [3.63, 3.8) is 0 Å². The van der Waals surface area contributed by atoms with Crippen LogP contribution in [0.5, 0.6) is 0 Å². The van der Waals surface area contributed by atoms with Crippen molar-refractivity contribution in [2.45, 2.75) is 117 Å². The zero-order chi connectivity index (χ0) is 30.4. The molecule has 0 radical (unpaired) electrons. The molecule has 0 unspecified atom stereocenters. The number of carbonyl (C=O) groups is 3. The van der Waals surface area contributed by atoms with E-state index in [0.717, 1.165) is 41.3 Å². The minimum Gasteiger partial charge on any atom is -0.444 e. The topological polar surface area (TPSA) is 126 Å². The lowest BCUT2D eigenvalue weighted by Gasteiger charge is -2.28. The van der Waals surface area contributed by atoms with Crippen LogP contribution in [-0.4, -0.2) is 58.1 Å². The largest absolute Gasteiger partial charge is 0.444 e. The first-order valence-corrected chi connectivity index (χ1v) is 16.4. The molecule has 0 aromatic carbocycles. The summed E-state index contributed by atoms with van der Waals surface area (Å²) in [5.74, 6) is 0.0539. The third-order valence-electron chi connectivity index (χ3n) is 6.67. The van der Waals surface area contributed by atoms with Crippen LogP contribution < -0.4 is 16.0 Å². The fourth-order valence-electron chi connectivity index (χ4n) is 4.38. The molecule has 4 amide bonds. The van der Waals surface area contributed by atoms with Crippen LogP contribution in [0.3, 0.4) is 0 Å². The molecule has 0 aliphatic rings. The van der Waals surface area contributed by atoms with Gasteiger partial charge in [0.15, 0.2) is 0 Å². The van der Waals surface area contributed by atoms with Crippen LogP contribution in [0.4, 0.5) is 9.59 Å². The van der Waals surface area contributed by atoms with E-state index in [1.807, 2.05) is 19.2 Å². The molecular weight excluding hydrogens is 560 g/mol. The normalized spacial score (nSPS) is 13.5. The lowest BCUT2D eigenvalue weighted by Crippen LogP contribution is -2.54. The van der Waals surface area contributed by atoms with Crippen molar-refractivity contribution in [2.75, 3.05) is 7.05 Å². The van der Waals surface area contributed by atoms with Crippen LogP contribution in [0, 0.1) is 5.92 Å². The van der Waals surface area contributed by atoms with Crippen molar-refractivity contribution in [3.8, 4) is 0 Å². The molecule has 0 spiro atoms. The minimum atomic E-state index is -0.669. The standard InChI is InChI=1S/C29H48N6O4S2/c1-8-10-21(12-13-22(11-9-2)33-29(38)39-16-24-14-30-18-41-24)31-26(36)25(19(3)4)34-28(37)35(7)15-23-17-40-27(32-23)20(5)6/h14,17-22,25H,8-13,15-16H2,1-7H3,(H,31,36)(H,33,38)(H,34,37)/t21-,22-,25-/m0/s1. The second-order valence-electron chi connectivity index (χ2n) is 11.1. The van der Waals surface area contributed by atoms with Crippen LogP contribution in [0.1, 0.15) is 102 Å². The fraction of sp³-hybridized carbons (Fsp3) is 0.690. The van der Waals surface area contributed by atoms with Gasteiger partial charge >= 0.3 is 12.1 Å². The number of ether oxygens (including phenoxy) is 1. The number of hydrogen-bond donors (Lipinski definition) is 3. The van der Waals surface area contributed by atoms with Gasteiger partial charge in [0, 0.05) is 36.6 Å². The van der Waals surface area contributed by atoms with Crippen molar-refractivity contribution in [3.05, 3.63) is 32.7 Å². The van der Waals surface area contributed by atoms with Gasteiger partial charge in [0.25, 0.3) is 0 Å². The smallest absolute Gasteiger partial charge is 0.407 e. The Hall–Kier alpha value is -2.73. The van der Waals surface area contributed by atoms with E-state index in [1.54, 1.807) is 35.0 Å². The Labute approximate surface area is 253 Å². The maximum atomic E-state index is 13.4. The summed E-state index contributed by atoms with van der Waals surface area (Å²) >= 11 is 3.04. The summed E-state index contributed by atoms with van der Waals surface area (Å²) in [5, 5.41) is 12.1. The Morgan fingerprint density at radius 1 is 0.951 bits per heavy atom. The Morgan fingerprint density at radius 2 is 1.61 bits per heavy atom. The zero-order valence-corrected chi connectivity index (χ0v) is 27.2. The molecule has 3 atom stereocenters. The summed E-state index contributed by atoms with van der Waals surface area (Å²) in [6, 6.07) is -1.10. The van der Waals surface area contributed by atoms with Gasteiger partial charge in [-0.25, -0.2) is 14.6 Å². The molecule has 2 rings (SSSR count). The Kier molecular flexibility index (Phi) is 15.1. The number of hydrogen-bond acceptors (Lipinski definition) is 8. The van der Waals surface area contributed by atoms with Crippen molar-refractivity contribution in [1.82, 2.24) is 30.8 Å². The SMILES string of the molecule is CCC[C@@H](CC[C@H](CCC)NC(=O)[C@@H](NC(=O)N(C)Cc1csc(C(C)C)n1)C(C)C)NC(=O)OCc1cncs1. The van der Waals surface area contributed by atoms with Crippen LogP contribution in [0.15, 0.2) is 17.1 Å². The van der Waals surface area contributed by atoms with E-state index in [0.29, 0.717) is 25.3 Å². The number of alkyl carbamates (subject to hydrolysis) is 1. The number of rotatable bonds is 17. The first-order chi connectivity index (χ1) is 19.5. The van der Waals surface area contributed by atoms with Crippen molar-refractivity contribution >= 4 is 40.7 Å². The van der Waals surface area contributed by atoms with E-state index in [9.17, 15) is 14.4 Å². The molecule has 3 N–H and O–H groups in total. The summed E-state index contributed by atoms with van der Waals surface area (Å²) in [6.45, 7) is 12.8. The van der Waals surface area contributed by atoms with Gasteiger partial charge in [-0.15, -0.1) is 22.7 Å². The summed E-state index contributed by atoms with van der Waals surface area (Å²) in [7, 11) is 1.71. The molecule has 0 aliphatic heterocycles. The number of amides is 4. The number of carbonyl (C=O) groups excluding carboxylic acids is 3. The molecule has 12 heteroatoms. The molecule has 41 heavy (non-hydrogen) atoms. The second kappa shape index (κ2) is 17.9. The van der Waals surface area contributed by atoms with Crippen LogP contribution in [0.25, 0.3) is 0 Å². The molecule has 10 nitrogen and oxygen atoms in total. The highest BCUT2D eigenvalue weighted by Crippen LogP contribution is 2.20. The number of thiazole rings is 2. The molecule has 0 saturated heterocycles. The molecule has 0 saturated carbocycles. The van der Waals surface area contributed by atoms with Gasteiger partial charge in [0.05, 0.1) is 27.6 Å². The lowest BCUT2D eigenvalue weighted by molar-refractivity contribution is -0.124. The van der Waals surface area contributed by atoms with E-state index in [2.05, 4.69) is 53.6 Å². The van der Waals surface area contributed by atoms with E-state index in [1.165, 1.54) is 11.3 Å². The fourth-order valence-corrected chi connectivity index (χ4v) is 5.71. The average Bonchev–Trinajstić information content (AvgIpc) is 3.61. The Balaban J connectivity index is 1.92.